The topological polar surface area (TPSA) is 58.4 Å². The maximum atomic E-state index is 12.0. The Labute approximate surface area is 127 Å². The quantitative estimate of drug-likeness (QED) is 0.841. The Morgan fingerprint density at radius 3 is 2.90 bits per heavy atom. The lowest BCUT2D eigenvalue weighted by Gasteiger charge is -2.25. The van der Waals surface area contributed by atoms with Crippen LogP contribution in [0.15, 0.2) is 24.3 Å². The van der Waals surface area contributed by atoms with Crippen molar-refractivity contribution < 1.29 is 4.79 Å². The second-order valence-electron chi connectivity index (χ2n) is 6.08. The van der Waals surface area contributed by atoms with Gasteiger partial charge in [0.15, 0.2) is 0 Å². The molecule has 1 aliphatic heterocycles. The molecule has 4 heteroatoms. The number of nitrogens with one attached hydrogen (secondary N) is 1. The lowest BCUT2D eigenvalue weighted by atomic mass is 9.99. The van der Waals surface area contributed by atoms with Crippen LogP contribution < -0.4 is 16.0 Å². The lowest BCUT2D eigenvalue weighted by molar-refractivity contribution is -0.123. The number of carbonyl (C=O) groups excluding carboxylic acids is 1. The third-order valence-electron chi connectivity index (χ3n) is 4.56. The lowest BCUT2D eigenvalue weighted by Crippen LogP contribution is -2.47. The molecule has 0 fully saturated rings. The highest BCUT2D eigenvalue weighted by molar-refractivity contribution is 5.81. The van der Waals surface area contributed by atoms with E-state index in [9.17, 15) is 4.79 Å². The minimum absolute atomic E-state index is 0.0375. The van der Waals surface area contributed by atoms with E-state index in [1.807, 2.05) is 6.92 Å². The summed E-state index contributed by atoms with van der Waals surface area (Å²) >= 11 is 0. The molecule has 1 aromatic carbocycles. The zero-order valence-electron chi connectivity index (χ0n) is 13.3. The van der Waals surface area contributed by atoms with Crippen LogP contribution >= 0.6 is 0 Å². The minimum Gasteiger partial charge on any atom is -0.367 e. The van der Waals surface area contributed by atoms with Crippen molar-refractivity contribution in [2.75, 3.05) is 18.0 Å². The Morgan fingerprint density at radius 1 is 1.48 bits per heavy atom. The van der Waals surface area contributed by atoms with Gasteiger partial charge in [-0.3, -0.25) is 4.79 Å². The van der Waals surface area contributed by atoms with Crippen molar-refractivity contribution in [3.8, 4) is 0 Å². The molecule has 3 N–H and O–H groups in total. The molecule has 1 heterocycles. The monoisotopic (exact) mass is 289 g/mol. The number of carbonyl (C=O) groups is 1. The molecule has 4 nitrogen and oxygen atoms in total. The van der Waals surface area contributed by atoms with Crippen molar-refractivity contribution in [1.82, 2.24) is 5.32 Å². The van der Waals surface area contributed by atoms with Crippen LogP contribution in [0.2, 0.25) is 0 Å². The first-order chi connectivity index (χ1) is 10.0. The predicted molar refractivity (Wildman–Crippen MR) is 87.4 cm³/mol. The summed E-state index contributed by atoms with van der Waals surface area (Å²) in [4.78, 5) is 14.4. The Kier molecular flexibility index (Phi) is 5.23. The Hall–Kier alpha value is -1.55. The summed E-state index contributed by atoms with van der Waals surface area (Å²) in [5, 5.41) is 2.97. The van der Waals surface area contributed by atoms with E-state index in [1.165, 1.54) is 11.3 Å². The van der Waals surface area contributed by atoms with Gasteiger partial charge in [-0.25, -0.2) is 0 Å². The molecule has 0 saturated carbocycles. The van der Waals surface area contributed by atoms with E-state index in [1.54, 1.807) is 0 Å². The van der Waals surface area contributed by atoms with Crippen LogP contribution in [-0.4, -0.2) is 31.1 Å². The van der Waals surface area contributed by atoms with Gasteiger partial charge in [0.05, 0.1) is 6.04 Å². The zero-order chi connectivity index (χ0) is 15.4. The van der Waals surface area contributed by atoms with Crippen molar-refractivity contribution in [2.24, 2.45) is 11.7 Å². The van der Waals surface area contributed by atoms with Crippen molar-refractivity contribution in [2.45, 2.75) is 45.7 Å². The standard InChI is InChI=1S/C17H27N3O/c1-4-12(2)16(18)17(21)19-9-10-20-13(3)11-14-7-5-6-8-15(14)20/h5-8,12-13,16H,4,9-11,18H2,1-3H3,(H,19,21). The molecule has 21 heavy (non-hydrogen) atoms. The van der Waals surface area contributed by atoms with Gasteiger partial charge in [0.25, 0.3) is 0 Å². The molecular formula is C17H27N3O. The fourth-order valence-electron chi connectivity index (χ4n) is 2.90. The van der Waals surface area contributed by atoms with Crippen molar-refractivity contribution in [3.63, 3.8) is 0 Å². The summed E-state index contributed by atoms with van der Waals surface area (Å²) in [5.74, 6) is 0.181. The third-order valence-corrected chi connectivity index (χ3v) is 4.56. The number of amides is 1. The van der Waals surface area contributed by atoms with E-state index in [0.29, 0.717) is 12.6 Å². The molecule has 0 radical (unpaired) electrons. The minimum atomic E-state index is -0.404. The largest absolute Gasteiger partial charge is 0.367 e. The third kappa shape index (κ3) is 3.56. The first-order valence-electron chi connectivity index (χ1n) is 7.92. The maximum absolute atomic E-state index is 12.0. The van der Waals surface area contributed by atoms with Gasteiger partial charge in [0, 0.05) is 24.8 Å². The molecule has 116 valence electrons. The van der Waals surface area contributed by atoms with Gasteiger partial charge in [-0.15, -0.1) is 0 Å². The average Bonchev–Trinajstić information content (AvgIpc) is 2.81. The highest BCUT2D eigenvalue weighted by Gasteiger charge is 2.25. The molecule has 3 unspecified atom stereocenters. The van der Waals surface area contributed by atoms with E-state index in [4.69, 9.17) is 5.73 Å². The van der Waals surface area contributed by atoms with Crippen molar-refractivity contribution >= 4 is 11.6 Å². The van der Waals surface area contributed by atoms with Crippen LogP contribution in [0.4, 0.5) is 5.69 Å². The first-order valence-corrected chi connectivity index (χ1v) is 7.92. The van der Waals surface area contributed by atoms with Gasteiger partial charge in [0.1, 0.15) is 0 Å². The van der Waals surface area contributed by atoms with E-state index < -0.39 is 6.04 Å². The highest BCUT2D eigenvalue weighted by atomic mass is 16.2. The normalized spacial score (nSPS) is 20.0. The Bertz CT molecular complexity index is 489. The molecule has 2 rings (SSSR count). The highest BCUT2D eigenvalue weighted by Crippen LogP contribution is 2.31. The summed E-state index contributed by atoms with van der Waals surface area (Å²) in [6, 6.07) is 8.58. The van der Waals surface area contributed by atoms with Crippen LogP contribution in [0.5, 0.6) is 0 Å². The number of benzene rings is 1. The number of rotatable bonds is 6. The predicted octanol–water partition coefficient (Wildman–Crippen LogP) is 1.93. The van der Waals surface area contributed by atoms with Gasteiger partial charge in [0.2, 0.25) is 5.91 Å². The molecular weight excluding hydrogens is 262 g/mol. The van der Waals surface area contributed by atoms with Crippen LogP contribution in [-0.2, 0) is 11.2 Å². The number of fused-ring (bicyclic) bond motifs is 1. The van der Waals surface area contributed by atoms with Crippen molar-refractivity contribution in [1.29, 1.82) is 0 Å². The summed E-state index contributed by atoms with van der Waals surface area (Å²) in [5.41, 5.74) is 8.64. The number of hydrogen-bond donors (Lipinski definition) is 2. The van der Waals surface area contributed by atoms with Gasteiger partial charge in [-0.2, -0.15) is 0 Å². The Morgan fingerprint density at radius 2 is 2.19 bits per heavy atom. The number of anilines is 1. The summed E-state index contributed by atoms with van der Waals surface area (Å²) in [6.45, 7) is 7.77. The summed E-state index contributed by atoms with van der Waals surface area (Å²) in [6.07, 6.45) is 2.00. The SMILES string of the molecule is CCC(C)C(N)C(=O)NCCN1c2ccccc2CC1C. The number of nitrogens with zero attached hydrogens (tertiary/aromatic N) is 1. The smallest absolute Gasteiger partial charge is 0.237 e. The molecule has 3 atom stereocenters. The Balaban J connectivity index is 1.85. The summed E-state index contributed by atoms with van der Waals surface area (Å²) < 4.78 is 0. The first kappa shape index (κ1) is 15.8. The van der Waals surface area contributed by atoms with E-state index in [-0.39, 0.29) is 11.8 Å². The number of nitrogens with two attached hydrogens (primary N) is 1. The van der Waals surface area contributed by atoms with E-state index in [0.717, 1.165) is 19.4 Å². The number of para-hydroxylation sites is 1. The molecule has 1 amide bonds. The van der Waals surface area contributed by atoms with Gasteiger partial charge >= 0.3 is 0 Å². The summed E-state index contributed by atoms with van der Waals surface area (Å²) in [7, 11) is 0. The zero-order valence-corrected chi connectivity index (χ0v) is 13.3. The molecule has 0 aromatic heterocycles. The average molecular weight is 289 g/mol. The van der Waals surface area contributed by atoms with E-state index in [2.05, 4.69) is 48.3 Å². The fourth-order valence-corrected chi connectivity index (χ4v) is 2.90. The molecule has 0 aliphatic carbocycles. The molecule has 1 aliphatic rings. The second kappa shape index (κ2) is 6.94. The van der Waals surface area contributed by atoms with Crippen LogP contribution in [0, 0.1) is 5.92 Å². The molecule has 0 bridgehead atoms. The second-order valence-corrected chi connectivity index (χ2v) is 6.08. The van der Waals surface area contributed by atoms with Gasteiger partial charge < -0.3 is 16.0 Å². The van der Waals surface area contributed by atoms with Gasteiger partial charge in [-0.05, 0) is 30.9 Å². The van der Waals surface area contributed by atoms with Crippen LogP contribution in [0.25, 0.3) is 0 Å². The molecule has 0 saturated heterocycles. The van der Waals surface area contributed by atoms with Crippen LogP contribution in [0.1, 0.15) is 32.8 Å². The van der Waals surface area contributed by atoms with Crippen LogP contribution in [0.3, 0.4) is 0 Å². The van der Waals surface area contributed by atoms with E-state index >= 15 is 0 Å². The maximum Gasteiger partial charge on any atom is 0.237 e. The number of hydrogen-bond acceptors (Lipinski definition) is 3. The van der Waals surface area contributed by atoms with Gasteiger partial charge in [-0.1, -0.05) is 38.5 Å². The molecule has 1 aromatic rings. The molecule has 0 spiro atoms. The fraction of sp³-hybridized carbons (Fsp3) is 0.588. The van der Waals surface area contributed by atoms with Crippen molar-refractivity contribution in [3.05, 3.63) is 29.8 Å².